The third kappa shape index (κ3) is 3.73. The fraction of sp³-hybridized carbons (Fsp3) is 0.533. The zero-order valence-corrected chi connectivity index (χ0v) is 12.9. The Kier molecular flexibility index (Phi) is 4.97. The molecule has 0 spiro atoms. The maximum absolute atomic E-state index is 11.6. The number of rotatable bonds is 5. The van der Waals surface area contributed by atoms with Gasteiger partial charge in [0.05, 0.1) is 4.92 Å². The zero-order valence-electron chi connectivity index (χ0n) is 12.9. The lowest BCUT2D eigenvalue weighted by molar-refractivity contribution is -0.384. The van der Waals surface area contributed by atoms with Crippen LogP contribution in [0.1, 0.15) is 30.1 Å². The van der Waals surface area contributed by atoms with Crippen molar-refractivity contribution in [1.82, 2.24) is 10.6 Å². The van der Waals surface area contributed by atoms with Crippen molar-refractivity contribution >= 4 is 17.3 Å². The predicted octanol–water partition coefficient (Wildman–Crippen LogP) is 1.76. The predicted molar refractivity (Wildman–Crippen MR) is 85.2 cm³/mol. The number of carbonyl (C=O) groups is 1. The number of amides is 1. The summed E-state index contributed by atoms with van der Waals surface area (Å²) in [5.74, 6) is -0.335. The van der Waals surface area contributed by atoms with Gasteiger partial charge in [0.25, 0.3) is 11.6 Å². The SMILES string of the molecule is CNC(=O)c1ccc(NCC2(C)CCCNC2)c([N+](=O)[O-])c1. The van der Waals surface area contributed by atoms with Crippen molar-refractivity contribution in [2.45, 2.75) is 19.8 Å². The lowest BCUT2D eigenvalue weighted by Gasteiger charge is -2.34. The molecule has 1 amide bonds. The van der Waals surface area contributed by atoms with Gasteiger partial charge in [-0.1, -0.05) is 6.92 Å². The van der Waals surface area contributed by atoms with Crippen LogP contribution < -0.4 is 16.0 Å². The molecule has 22 heavy (non-hydrogen) atoms. The Balaban J connectivity index is 2.16. The molecule has 7 nitrogen and oxygen atoms in total. The fourth-order valence-corrected chi connectivity index (χ4v) is 2.70. The van der Waals surface area contributed by atoms with Gasteiger partial charge < -0.3 is 16.0 Å². The number of anilines is 1. The molecule has 1 saturated heterocycles. The monoisotopic (exact) mass is 306 g/mol. The van der Waals surface area contributed by atoms with E-state index in [0.29, 0.717) is 12.2 Å². The van der Waals surface area contributed by atoms with Crippen molar-refractivity contribution in [2.75, 3.05) is 32.0 Å². The normalized spacial score (nSPS) is 21.2. The molecule has 2 rings (SSSR count). The van der Waals surface area contributed by atoms with Gasteiger partial charge in [-0.05, 0) is 36.9 Å². The van der Waals surface area contributed by atoms with Crippen molar-refractivity contribution in [3.63, 3.8) is 0 Å². The van der Waals surface area contributed by atoms with Crippen molar-refractivity contribution < 1.29 is 9.72 Å². The average Bonchev–Trinajstić information content (AvgIpc) is 2.52. The highest BCUT2D eigenvalue weighted by Crippen LogP contribution is 2.30. The molecule has 1 unspecified atom stereocenters. The summed E-state index contributed by atoms with van der Waals surface area (Å²) >= 11 is 0. The number of piperidine rings is 1. The Hall–Kier alpha value is -2.15. The number of nitro benzene ring substituents is 1. The van der Waals surface area contributed by atoms with Crippen molar-refractivity contribution in [3.05, 3.63) is 33.9 Å². The maximum atomic E-state index is 11.6. The molecule has 1 aliphatic rings. The van der Waals surface area contributed by atoms with Crippen LogP contribution in [0.4, 0.5) is 11.4 Å². The summed E-state index contributed by atoms with van der Waals surface area (Å²) in [6, 6.07) is 4.50. The molecular weight excluding hydrogens is 284 g/mol. The number of benzene rings is 1. The van der Waals surface area contributed by atoms with Crippen molar-refractivity contribution in [1.29, 1.82) is 0 Å². The minimum atomic E-state index is -0.462. The Morgan fingerprint density at radius 2 is 2.27 bits per heavy atom. The zero-order chi connectivity index (χ0) is 16.2. The van der Waals surface area contributed by atoms with Crippen LogP contribution >= 0.6 is 0 Å². The van der Waals surface area contributed by atoms with Crippen LogP contribution in [0.2, 0.25) is 0 Å². The van der Waals surface area contributed by atoms with Crippen LogP contribution in [0.15, 0.2) is 18.2 Å². The van der Waals surface area contributed by atoms with Gasteiger partial charge in [0, 0.05) is 31.8 Å². The Morgan fingerprint density at radius 1 is 1.50 bits per heavy atom. The van der Waals surface area contributed by atoms with E-state index in [4.69, 9.17) is 0 Å². The Bertz CT molecular complexity index is 568. The van der Waals surface area contributed by atoms with Crippen LogP contribution in [-0.2, 0) is 0 Å². The molecule has 0 aromatic heterocycles. The van der Waals surface area contributed by atoms with Gasteiger partial charge in [-0.2, -0.15) is 0 Å². The molecular formula is C15H22N4O3. The Labute approximate surface area is 129 Å². The standard InChI is InChI=1S/C15H22N4O3/c1-15(6-3-7-17-9-15)10-18-12-5-4-11(14(20)16-2)8-13(12)19(21)22/h4-5,8,17-18H,3,6-7,9-10H2,1-2H3,(H,16,20). The molecule has 0 bridgehead atoms. The molecule has 7 heteroatoms. The van der Waals surface area contributed by atoms with Crippen molar-refractivity contribution in [3.8, 4) is 0 Å². The molecule has 3 N–H and O–H groups in total. The van der Waals surface area contributed by atoms with Gasteiger partial charge in [0.1, 0.15) is 5.69 Å². The van der Waals surface area contributed by atoms with Gasteiger partial charge in [-0.3, -0.25) is 14.9 Å². The largest absolute Gasteiger partial charge is 0.379 e. The van der Waals surface area contributed by atoms with E-state index < -0.39 is 4.92 Å². The number of hydrogen-bond donors (Lipinski definition) is 3. The Morgan fingerprint density at radius 3 is 2.86 bits per heavy atom. The highest BCUT2D eigenvalue weighted by Gasteiger charge is 2.27. The van der Waals surface area contributed by atoms with E-state index in [-0.39, 0.29) is 22.6 Å². The highest BCUT2D eigenvalue weighted by molar-refractivity contribution is 5.95. The van der Waals surface area contributed by atoms with E-state index in [9.17, 15) is 14.9 Å². The minimum Gasteiger partial charge on any atom is -0.379 e. The van der Waals surface area contributed by atoms with Crippen molar-refractivity contribution in [2.24, 2.45) is 5.41 Å². The molecule has 1 aromatic rings. The second-order valence-corrected chi connectivity index (χ2v) is 6.01. The number of nitro groups is 1. The van der Waals surface area contributed by atoms with E-state index in [1.807, 2.05) is 0 Å². The van der Waals surface area contributed by atoms with Crippen LogP contribution in [0.3, 0.4) is 0 Å². The molecule has 1 aliphatic heterocycles. The molecule has 0 saturated carbocycles. The average molecular weight is 306 g/mol. The molecule has 1 aromatic carbocycles. The number of nitrogens with one attached hydrogen (secondary N) is 3. The van der Waals surface area contributed by atoms with Gasteiger partial charge in [0.15, 0.2) is 0 Å². The molecule has 0 radical (unpaired) electrons. The molecule has 1 fully saturated rings. The van der Waals surface area contributed by atoms with Gasteiger partial charge in [-0.25, -0.2) is 0 Å². The number of carbonyl (C=O) groups excluding carboxylic acids is 1. The smallest absolute Gasteiger partial charge is 0.293 e. The first kappa shape index (κ1) is 16.2. The first-order valence-electron chi connectivity index (χ1n) is 7.40. The number of nitrogens with zero attached hydrogens (tertiary/aromatic N) is 1. The van der Waals surface area contributed by atoms with E-state index >= 15 is 0 Å². The van der Waals surface area contributed by atoms with E-state index in [1.165, 1.54) is 13.1 Å². The summed E-state index contributed by atoms with van der Waals surface area (Å²) in [4.78, 5) is 22.4. The topological polar surface area (TPSA) is 96.3 Å². The molecule has 1 heterocycles. The summed E-state index contributed by atoms with van der Waals surface area (Å²) in [7, 11) is 1.50. The van der Waals surface area contributed by atoms with Crippen LogP contribution in [0.5, 0.6) is 0 Å². The summed E-state index contributed by atoms with van der Waals surface area (Å²) in [5.41, 5.74) is 0.731. The van der Waals surface area contributed by atoms with Gasteiger partial charge in [0.2, 0.25) is 0 Å². The minimum absolute atomic E-state index is 0.0750. The molecule has 120 valence electrons. The summed E-state index contributed by atoms with van der Waals surface area (Å²) < 4.78 is 0. The quantitative estimate of drug-likeness (QED) is 0.569. The van der Waals surface area contributed by atoms with Crippen LogP contribution in [0, 0.1) is 15.5 Å². The lowest BCUT2D eigenvalue weighted by Crippen LogP contribution is -2.42. The maximum Gasteiger partial charge on any atom is 0.293 e. The van der Waals surface area contributed by atoms with Gasteiger partial charge >= 0.3 is 0 Å². The molecule has 1 atom stereocenters. The highest BCUT2D eigenvalue weighted by atomic mass is 16.6. The third-order valence-corrected chi connectivity index (χ3v) is 4.07. The fourth-order valence-electron chi connectivity index (χ4n) is 2.70. The summed E-state index contributed by atoms with van der Waals surface area (Å²) in [5, 5.41) is 20.2. The second kappa shape index (κ2) is 6.74. The second-order valence-electron chi connectivity index (χ2n) is 6.01. The summed E-state index contributed by atoms with van der Waals surface area (Å²) in [6.45, 7) is 4.73. The lowest BCUT2D eigenvalue weighted by atomic mass is 9.83. The molecule has 0 aliphatic carbocycles. The van der Waals surface area contributed by atoms with E-state index in [0.717, 1.165) is 25.9 Å². The van der Waals surface area contributed by atoms with E-state index in [2.05, 4.69) is 22.9 Å². The first-order valence-corrected chi connectivity index (χ1v) is 7.40. The number of hydrogen-bond acceptors (Lipinski definition) is 5. The van der Waals surface area contributed by atoms with Gasteiger partial charge in [-0.15, -0.1) is 0 Å². The van der Waals surface area contributed by atoms with Crippen LogP contribution in [0.25, 0.3) is 0 Å². The van der Waals surface area contributed by atoms with E-state index in [1.54, 1.807) is 12.1 Å². The first-order chi connectivity index (χ1) is 10.4. The van der Waals surface area contributed by atoms with Crippen LogP contribution in [-0.4, -0.2) is 37.5 Å². The summed E-state index contributed by atoms with van der Waals surface area (Å²) in [6.07, 6.45) is 2.19. The third-order valence-electron chi connectivity index (χ3n) is 4.07.